The zero-order chi connectivity index (χ0) is 6.04. The molecule has 3 heteroatoms. The van der Waals surface area contributed by atoms with Crippen LogP contribution in [0, 0.1) is 0 Å². The maximum atomic E-state index is 10.1. The maximum absolute atomic E-state index is 10.1. The third-order valence-electron chi connectivity index (χ3n) is 1.28. The lowest BCUT2D eigenvalue weighted by Gasteiger charge is -2.12. The number of carbonyl (C=O) groups excluding carboxylic acids is 1. The SMILES string of the molecule is NC1(C=O)CCCO1. The molecule has 1 heterocycles. The maximum Gasteiger partial charge on any atom is 0.173 e. The summed E-state index contributed by atoms with van der Waals surface area (Å²) in [4.78, 5) is 10.1. The van der Waals surface area contributed by atoms with Gasteiger partial charge in [0.1, 0.15) is 0 Å². The molecule has 0 aromatic carbocycles. The molecule has 8 heavy (non-hydrogen) atoms. The van der Waals surface area contributed by atoms with Gasteiger partial charge in [0.2, 0.25) is 0 Å². The zero-order valence-corrected chi connectivity index (χ0v) is 4.59. The van der Waals surface area contributed by atoms with Crippen molar-refractivity contribution < 1.29 is 9.53 Å². The Morgan fingerprint density at radius 3 is 2.75 bits per heavy atom. The Hall–Kier alpha value is -0.410. The third-order valence-corrected chi connectivity index (χ3v) is 1.28. The van der Waals surface area contributed by atoms with Crippen molar-refractivity contribution in [3.05, 3.63) is 0 Å². The second-order valence-corrected chi connectivity index (χ2v) is 2.02. The van der Waals surface area contributed by atoms with Gasteiger partial charge < -0.3 is 4.74 Å². The molecule has 1 atom stereocenters. The number of hydrogen-bond donors (Lipinski definition) is 1. The van der Waals surface area contributed by atoms with E-state index in [1.165, 1.54) is 0 Å². The minimum Gasteiger partial charge on any atom is -0.354 e. The molecule has 0 aromatic heterocycles. The summed E-state index contributed by atoms with van der Waals surface area (Å²) in [6, 6.07) is 0. The second kappa shape index (κ2) is 1.84. The van der Waals surface area contributed by atoms with E-state index >= 15 is 0 Å². The molecule has 1 aliphatic heterocycles. The van der Waals surface area contributed by atoms with Gasteiger partial charge in [0, 0.05) is 6.61 Å². The molecule has 0 aromatic rings. The van der Waals surface area contributed by atoms with E-state index in [4.69, 9.17) is 10.5 Å². The van der Waals surface area contributed by atoms with E-state index in [9.17, 15) is 4.79 Å². The van der Waals surface area contributed by atoms with Crippen LogP contribution in [0.3, 0.4) is 0 Å². The van der Waals surface area contributed by atoms with Crippen molar-refractivity contribution in [2.45, 2.75) is 18.6 Å². The average Bonchev–Trinajstić information content (AvgIpc) is 2.17. The molecule has 3 nitrogen and oxygen atoms in total. The van der Waals surface area contributed by atoms with Crippen LogP contribution in [0.5, 0.6) is 0 Å². The fraction of sp³-hybridized carbons (Fsp3) is 0.800. The average molecular weight is 115 g/mol. The highest BCUT2D eigenvalue weighted by Gasteiger charge is 2.29. The van der Waals surface area contributed by atoms with Gasteiger partial charge in [0.25, 0.3) is 0 Å². The van der Waals surface area contributed by atoms with E-state index < -0.39 is 5.72 Å². The smallest absolute Gasteiger partial charge is 0.173 e. The van der Waals surface area contributed by atoms with E-state index in [2.05, 4.69) is 0 Å². The van der Waals surface area contributed by atoms with Gasteiger partial charge in [0.15, 0.2) is 12.0 Å². The van der Waals surface area contributed by atoms with Gasteiger partial charge in [-0.3, -0.25) is 10.5 Å². The van der Waals surface area contributed by atoms with Crippen LogP contribution < -0.4 is 5.73 Å². The minimum atomic E-state index is -0.944. The molecule has 0 radical (unpaired) electrons. The predicted molar refractivity (Wildman–Crippen MR) is 28.2 cm³/mol. The first-order chi connectivity index (χ1) is 3.77. The van der Waals surface area contributed by atoms with Gasteiger partial charge in [-0.25, -0.2) is 0 Å². The molecule has 0 saturated carbocycles. The monoisotopic (exact) mass is 115 g/mol. The molecule has 1 saturated heterocycles. The van der Waals surface area contributed by atoms with Crippen molar-refractivity contribution >= 4 is 6.29 Å². The largest absolute Gasteiger partial charge is 0.354 e. The summed E-state index contributed by atoms with van der Waals surface area (Å²) in [5.41, 5.74) is 4.42. The van der Waals surface area contributed by atoms with Crippen LogP contribution in [-0.4, -0.2) is 18.6 Å². The van der Waals surface area contributed by atoms with Crippen molar-refractivity contribution in [3.8, 4) is 0 Å². The van der Waals surface area contributed by atoms with Crippen molar-refractivity contribution in [2.24, 2.45) is 5.73 Å². The first-order valence-electron chi connectivity index (χ1n) is 2.66. The molecule has 1 unspecified atom stereocenters. The molecule has 1 rings (SSSR count). The molecule has 0 amide bonds. The summed E-state index contributed by atoms with van der Waals surface area (Å²) >= 11 is 0. The Bertz CT molecular complexity index is 96.6. The Morgan fingerprint density at radius 2 is 2.50 bits per heavy atom. The molecular weight excluding hydrogens is 106 g/mol. The van der Waals surface area contributed by atoms with Gasteiger partial charge in [-0.1, -0.05) is 0 Å². The van der Waals surface area contributed by atoms with Gasteiger partial charge in [-0.15, -0.1) is 0 Å². The van der Waals surface area contributed by atoms with Crippen molar-refractivity contribution in [1.82, 2.24) is 0 Å². The number of aldehydes is 1. The lowest BCUT2D eigenvalue weighted by Crippen LogP contribution is -2.40. The molecule has 2 N–H and O–H groups in total. The van der Waals surface area contributed by atoms with Gasteiger partial charge >= 0.3 is 0 Å². The normalized spacial score (nSPS) is 37.6. The summed E-state index contributed by atoms with van der Waals surface area (Å²) in [5.74, 6) is 0. The predicted octanol–water partition coefficient (Wildman–Crippen LogP) is -0.349. The van der Waals surface area contributed by atoms with Crippen LogP contribution in [0.2, 0.25) is 0 Å². The van der Waals surface area contributed by atoms with Gasteiger partial charge in [-0.2, -0.15) is 0 Å². The van der Waals surface area contributed by atoms with Gasteiger partial charge in [0.05, 0.1) is 0 Å². The Morgan fingerprint density at radius 1 is 1.75 bits per heavy atom. The minimum absolute atomic E-state index is 0.620. The van der Waals surface area contributed by atoms with E-state index in [-0.39, 0.29) is 0 Å². The highest BCUT2D eigenvalue weighted by Crippen LogP contribution is 2.16. The second-order valence-electron chi connectivity index (χ2n) is 2.02. The van der Waals surface area contributed by atoms with Crippen LogP contribution >= 0.6 is 0 Å². The van der Waals surface area contributed by atoms with Gasteiger partial charge in [-0.05, 0) is 12.8 Å². The van der Waals surface area contributed by atoms with E-state index in [1.54, 1.807) is 0 Å². The van der Waals surface area contributed by atoms with Crippen LogP contribution in [-0.2, 0) is 9.53 Å². The number of carbonyl (C=O) groups is 1. The Labute approximate surface area is 47.8 Å². The molecular formula is C5H9NO2. The number of hydrogen-bond acceptors (Lipinski definition) is 3. The van der Waals surface area contributed by atoms with Crippen LogP contribution in [0.25, 0.3) is 0 Å². The summed E-state index contributed by atoms with van der Waals surface area (Å²) in [5, 5.41) is 0. The van der Waals surface area contributed by atoms with Crippen LogP contribution in [0.4, 0.5) is 0 Å². The van der Waals surface area contributed by atoms with E-state index in [1.807, 2.05) is 0 Å². The van der Waals surface area contributed by atoms with E-state index in [0.717, 1.165) is 6.42 Å². The number of ether oxygens (including phenoxy) is 1. The summed E-state index contributed by atoms with van der Waals surface area (Å²) < 4.78 is 4.90. The molecule has 1 fully saturated rings. The Balaban J connectivity index is 2.52. The third kappa shape index (κ3) is 0.877. The molecule has 0 aliphatic carbocycles. The standard InChI is InChI=1S/C5H9NO2/c6-5(4-7)2-1-3-8-5/h4H,1-3,6H2. The van der Waals surface area contributed by atoms with Crippen LogP contribution in [0.1, 0.15) is 12.8 Å². The first kappa shape index (κ1) is 5.72. The van der Waals surface area contributed by atoms with Crippen molar-refractivity contribution in [2.75, 3.05) is 6.61 Å². The van der Waals surface area contributed by atoms with Crippen molar-refractivity contribution in [1.29, 1.82) is 0 Å². The highest BCUT2D eigenvalue weighted by atomic mass is 16.5. The molecule has 1 aliphatic rings. The highest BCUT2D eigenvalue weighted by molar-refractivity contribution is 5.61. The quantitative estimate of drug-likeness (QED) is 0.475. The summed E-state index contributed by atoms with van der Waals surface area (Å²) in [7, 11) is 0. The number of rotatable bonds is 1. The van der Waals surface area contributed by atoms with E-state index in [0.29, 0.717) is 19.3 Å². The molecule has 0 spiro atoms. The van der Waals surface area contributed by atoms with Crippen molar-refractivity contribution in [3.63, 3.8) is 0 Å². The summed E-state index contributed by atoms with van der Waals surface area (Å²) in [6.45, 7) is 0.620. The summed E-state index contributed by atoms with van der Waals surface area (Å²) in [6.07, 6.45) is 2.23. The topological polar surface area (TPSA) is 52.3 Å². The molecule has 0 bridgehead atoms. The Kier molecular flexibility index (Phi) is 1.31. The fourth-order valence-electron chi connectivity index (χ4n) is 0.776. The lowest BCUT2D eigenvalue weighted by atomic mass is 10.2. The lowest BCUT2D eigenvalue weighted by molar-refractivity contribution is -0.125. The van der Waals surface area contributed by atoms with Crippen LogP contribution in [0.15, 0.2) is 0 Å². The fourth-order valence-corrected chi connectivity index (χ4v) is 0.776. The number of nitrogens with two attached hydrogens (primary N) is 1. The zero-order valence-electron chi connectivity index (χ0n) is 4.59. The molecule has 46 valence electrons. The first-order valence-corrected chi connectivity index (χ1v) is 2.66.